The van der Waals surface area contributed by atoms with E-state index in [4.69, 9.17) is 0 Å². The van der Waals surface area contributed by atoms with Crippen molar-refractivity contribution in [2.45, 2.75) is 30.7 Å². The average molecular weight is 441 g/mol. The van der Waals surface area contributed by atoms with Gasteiger partial charge in [-0.2, -0.15) is 13.5 Å². The number of hydrogen-bond acceptors (Lipinski definition) is 6. The summed E-state index contributed by atoms with van der Waals surface area (Å²) in [5.74, 6) is -6.80. The lowest BCUT2D eigenvalue weighted by molar-refractivity contribution is -0.175. The number of nitrogens with one attached hydrogen (secondary N) is 1. The first-order chi connectivity index (χ1) is 14.0. The standard InChI is InChI=1S/C20H21F2NO6S/c1-4-29-19(25)20(21,22)17(14-7-9-15(10-8-14)18(24)28-3)23-30(26,27)16-11-5-13(2)6-12-16/h5-12,17,23H,4H2,1-3H3. The quantitative estimate of drug-likeness (QED) is 0.633. The van der Waals surface area contributed by atoms with Crippen LogP contribution in [-0.2, 0) is 24.3 Å². The molecule has 2 aromatic carbocycles. The zero-order valence-electron chi connectivity index (χ0n) is 16.5. The molecule has 0 aliphatic rings. The van der Waals surface area contributed by atoms with Crippen LogP contribution in [0.15, 0.2) is 53.4 Å². The van der Waals surface area contributed by atoms with Gasteiger partial charge in [0.05, 0.1) is 24.2 Å². The van der Waals surface area contributed by atoms with E-state index < -0.39 is 33.9 Å². The number of benzene rings is 2. The van der Waals surface area contributed by atoms with Gasteiger partial charge in [-0.05, 0) is 43.7 Å². The maximum Gasteiger partial charge on any atom is 0.379 e. The van der Waals surface area contributed by atoms with Gasteiger partial charge in [0, 0.05) is 0 Å². The first kappa shape index (κ1) is 23.4. The fourth-order valence-electron chi connectivity index (χ4n) is 2.57. The minimum atomic E-state index is -4.42. The van der Waals surface area contributed by atoms with Gasteiger partial charge < -0.3 is 9.47 Å². The van der Waals surface area contributed by atoms with Crippen molar-refractivity contribution < 1.29 is 36.3 Å². The number of aryl methyl sites for hydroxylation is 1. The van der Waals surface area contributed by atoms with Gasteiger partial charge >= 0.3 is 17.9 Å². The lowest BCUT2D eigenvalue weighted by atomic mass is 10.00. The van der Waals surface area contributed by atoms with Gasteiger partial charge in [-0.3, -0.25) is 0 Å². The van der Waals surface area contributed by atoms with E-state index in [9.17, 15) is 26.8 Å². The van der Waals surface area contributed by atoms with Crippen LogP contribution < -0.4 is 4.72 Å². The molecule has 2 rings (SSSR count). The van der Waals surface area contributed by atoms with Crippen LogP contribution in [0.1, 0.15) is 34.5 Å². The summed E-state index contributed by atoms with van der Waals surface area (Å²) < 4.78 is 66.1. The molecule has 30 heavy (non-hydrogen) atoms. The molecule has 1 N–H and O–H groups in total. The molecule has 0 amide bonds. The monoisotopic (exact) mass is 441 g/mol. The third-order valence-electron chi connectivity index (χ3n) is 4.18. The number of halogens is 2. The Labute approximate surface area is 173 Å². The third-order valence-corrected chi connectivity index (χ3v) is 5.62. The van der Waals surface area contributed by atoms with Crippen LogP contribution in [0.3, 0.4) is 0 Å². The molecule has 0 aliphatic carbocycles. The molecule has 7 nitrogen and oxygen atoms in total. The van der Waals surface area contributed by atoms with Crippen molar-refractivity contribution in [1.82, 2.24) is 4.72 Å². The molecule has 0 bridgehead atoms. The Hall–Kier alpha value is -2.85. The minimum absolute atomic E-state index is 0.0702. The fraction of sp³-hybridized carbons (Fsp3) is 0.300. The maximum atomic E-state index is 14.9. The Bertz CT molecular complexity index is 1000. The molecule has 1 atom stereocenters. The maximum absolute atomic E-state index is 14.9. The fourth-order valence-corrected chi connectivity index (χ4v) is 3.79. The molecule has 1 unspecified atom stereocenters. The summed E-state index contributed by atoms with van der Waals surface area (Å²) in [6.07, 6.45) is 0. The van der Waals surface area contributed by atoms with Gasteiger partial charge in [0.2, 0.25) is 10.0 Å². The number of methoxy groups -OCH3 is 1. The number of carbonyl (C=O) groups is 2. The van der Waals surface area contributed by atoms with Gasteiger partial charge in [0.25, 0.3) is 0 Å². The number of carbonyl (C=O) groups excluding carboxylic acids is 2. The predicted octanol–water partition coefficient (Wildman–Crippen LogP) is 3.00. The molecule has 0 heterocycles. The molecule has 0 radical (unpaired) electrons. The van der Waals surface area contributed by atoms with E-state index in [0.717, 1.165) is 24.8 Å². The number of hydrogen-bond donors (Lipinski definition) is 1. The van der Waals surface area contributed by atoms with Gasteiger partial charge in [-0.25, -0.2) is 18.0 Å². The van der Waals surface area contributed by atoms with Crippen molar-refractivity contribution in [3.8, 4) is 0 Å². The summed E-state index contributed by atoms with van der Waals surface area (Å²) >= 11 is 0. The molecule has 0 aliphatic heterocycles. The van der Waals surface area contributed by atoms with Crippen molar-refractivity contribution in [3.63, 3.8) is 0 Å². The number of rotatable bonds is 8. The van der Waals surface area contributed by atoms with Crippen molar-refractivity contribution in [3.05, 3.63) is 65.2 Å². The van der Waals surface area contributed by atoms with Gasteiger partial charge in [-0.15, -0.1) is 0 Å². The van der Waals surface area contributed by atoms with Crippen LogP contribution in [-0.4, -0.2) is 40.0 Å². The average Bonchev–Trinajstić information content (AvgIpc) is 2.72. The van der Waals surface area contributed by atoms with Crippen molar-refractivity contribution >= 4 is 22.0 Å². The third kappa shape index (κ3) is 5.19. The molecule has 162 valence electrons. The molecular formula is C20H21F2NO6S. The summed E-state index contributed by atoms with van der Waals surface area (Å²) in [6, 6.07) is 7.88. The smallest absolute Gasteiger partial charge is 0.379 e. The lowest BCUT2D eigenvalue weighted by Gasteiger charge is -2.26. The normalized spacial score (nSPS) is 12.8. The largest absolute Gasteiger partial charge is 0.465 e. The summed E-state index contributed by atoms with van der Waals surface area (Å²) in [6.45, 7) is 2.78. The Morgan fingerprint density at radius 3 is 2.13 bits per heavy atom. The highest BCUT2D eigenvalue weighted by atomic mass is 32.2. The van der Waals surface area contributed by atoms with Gasteiger partial charge in [-0.1, -0.05) is 29.8 Å². The highest BCUT2D eigenvalue weighted by Gasteiger charge is 2.51. The van der Waals surface area contributed by atoms with E-state index >= 15 is 0 Å². The van der Waals surface area contributed by atoms with Crippen LogP contribution in [0.2, 0.25) is 0 Å². The van der Waals surface area contributed by atoms with E-state index in [1.165, 1.54) is 43.3 Å². The molecule has 0 saturated carbocycles. The first-order valence-corrected chi connectivity index (χ1v) is 10.3. The second kappa shape index (κ2) is 9.31. The van der Waals surface area contributed by atoms with Crippen LogP contribution >= 0.6 is 0 Å². The predicted molar refractivity (Wildman–Crippen MR) is 104 cm³/mol. The molecular weight excluding hydrogens is 420 g/mol. The molecule has 10 heteroatoms. The Kier molecular flexibility index (Phi) is 7.27. The molecule has 2 aromatic rings. The van der Waals surface area contributed by atoms with E-state index in [1.54, 1.807) is 6.92 Å². The summed E-state index contributed by atoms with van der Waals surface area (Å²) in [4.78, 5) is 23.2. The number of sulfonamides is 1. The highest BCUT2D eigenvalue weighted by Crippen LogP contribution is 2.34. The molecule has 0 aromatic heterocycles. The van der Waals surface area contributed by atoms with Crippen LogP contribution in [0, 0.1) is 6.92 Å². The number of ether oxygens (including phenoxy) is 2. The molecule has 0 saturated heterocycles. The van der Waals surface area contributed by atoms with E-state index in [0.29, 0.717) is 0 Å². The van der Waals surface area contributed by atoms with Crippen molar-refractivity contribution in [1.29, 1.82) is 0 Å². The summed E-state index contributed by atoms with van der Waals surface area (Å²) in [5, 5.41) is 0. The molecule has 0 fully saturated rings. The molecule has 0 spiro atoms. The lowest BCUT2D eigenvalue weighted by Crippen LogP contribution is -2.46. The van der Waals surface area contributed by atoms with E-state index in [1.807, 2.05) is 4.72 Å². The van der Waals surface area contributed by atoms with Crippen molar-refractivity contribution in [2.24, 2.45) is 0 Å². The van der Waals surface area contributed by atoms with E-state index in [2.05, 4.69) is 9.47 Å². The van der Waals surface area contributed by atoms with Crippen molar-refractivity contribution in [2.75, 3.05) is 13.7 Å². The SMILES string of the molecule is CCOC(=O)C(F)(F)C(NS(=O)(=O)c1ccc(C)cc1)c1ccc(C(=O)OC)cc1. The minimum Gasteiger partial charge on any atom is -0.465 e. The number of esters is 2. The topological polar surface area (TPSA) is 98.8 Å². The van der Waals surface area contributed by atoms with E-state index in [-0.39, 0.29) is 22.6 Å². The summed E-state index contributed by atoms with van der Waals surface area (Å²) in [5.41, 5.74) is 0.609. The van der Waals surface area contributed by atoms with Crippen LogP contribution in [0.25, 0.3) is 0 Å². The van der Waals surface area contributed by atoms with Crippen LogP contribution in [0.4, 0.5) is 8.78 Å². The van der Waals surface area contributed by atoms with Gasteiger partial charge in [0.1, 0.15) is 6.04 Å². The zero-order chi connectivity index (χ0) is 22.5. The Morgan fingerprint density at radius 2 is 1.63 bits per heavy atom. The zero-order valence-corrected chi connectivity index (χ0v) is 17.3. The second-order valence-corrected chi connectivity index (χ2v) is 8.04. The second-order valence-electron chi connectivity index (χ2n) is 6.32. The highest BCUT2D eigenvalue weighted by molar-refractivity contribution is 7.89. The first-order valence-electron chi connectivity index (χ1n) is 8.85. The number of alkyl halides is 2. The summed E-state index contributed by atoms with van der Waals surface area (Å²) in [7, 11) is -3.26. The Morgan fingerprint density at radius 1 is 1.07 bits per heavy atom. The van der Waals surface area contributed by atoms with Gasteiger partial charge in [0.15, 0.2) is 0 Å². The van der Waals surface area contributed by atoms with Crippen LogP contribution in [0.5, 0.6) is 0 Å². The Balaban J connectivity index is 2.49.